The molecule has 0 saturated heterocycles. The monoisotopic (exact) mass is 347 g/mol. The van der Waals surface area contributed by atoms with Gasteiger partial charge in [-0.15, -0.1) is 0 Å². The van der Waals surface area contributed by atoms with Crippen LogP contribution in [0, 0.1) is 5.82 Å². The lowest BCUT2D eigenvalue weighted by molar-refractivity contribution is -0.137. The molecule has 0 fully saturated rings. The molecule has 25 heavy (non-hydrogen) atoms. The highest BCUT2D eigenvalue weighted by atomic mass is 19.1. The summed E-state index contributed by atoms with van der Waals surface area (Å²) in [6.07, 6.45) is 3.75. The summed E-state index contributed by atoms with van der Waals surface area (Å²) >= 11 is 0. The van der Waals surface area contributed by atoms with Crippen molar-refractivity contribution >= 4 is 5.97 Å². The third-order valence-corrected chi connectivity index (χ3v) is 4.22. The number of unbranched alkanes of at least 4 members (excludes halogenated alkanes) is 1. The number of benzene rings is 1. The van der Waals surface area contributed by atoms with E-state index in [1.165, 1.54) is 12.1 Å². The first kappa shape index (κ1) is 19.1. The topological polar surface area (TPSA) is 58.4 Å². The second kappa shape index (κ2) is 9.32. The number of hydrogen-bond acceptors (Lipinski definition) is 3. The summed E-state index contributed by atoms with van der Waals surface area (Å²) < 4.78 is 14.9. The fourth-order valence-corrected chi connectivity index (χ4v) is 2.84. The molecule has 1 aromatic carbocycles. The Morgan fingerprint density at radius 1 is 1.20 bits per heavy atom. The molecular formula is C19H26FN3O2. The van der Waals surface area contributed by atoms with Gasteiger partial charge in [-0.25, -0.2) is 4.39 Å². The van der Waals surface area contributed by atoms with Crippen molar-refractivity contribution in [2.24, 2.45) is 7.05 Å². The van der Waals surface area contributed by atoms with Gasteiger partial charge in [-0.3, -0.25) is 9.48 Å². The summed E-state index contributed by atoms with van der Waals surface area (Å²) in [5, 5.41) is 13.2. The first-order valence-electron chi connectivity index (χ1n) is 8.65. The van der Waals surface area contributed by atoms with E-state index in [2.05, 4.69) is 23.1 Å². The van der Waals surface area contributed by atoms with Gasteiger partial charge in [0.25, 0.3) is 0 Å². The highest BCUT2D eigenvalue weighted by Gasteiger charge is 2.08. The summed E-state index contributed by atoms with van der Waals surface area (Å²) in [7, 11) is 3.96. The number of carboxylic acids is 1. The molecule has 0 bridgehead atoms. The highest BCUT2D eigenvalue weighted by molar-refractivity contribution is 5.66. The SMILES string of the molecule is CN(CCCCC(=O)O)CCCc1cc(-c2ccc(F)cc2)n(C)n1. The van der Waals surface area contributed by atoms with Gasteiger partial charge in [0, 0.05) is 13.5 Å². The predicted octanol–water partition coefficient (Wildman–Crippen LogP) is 3.35. The number of rotatable bonds is 10. The molecule has 0 radical (unpaired) electrons. The van der Waals surface area contributed by atoms with Crippen LogP contribution in [-0.4, -0.2) is 45.9 Å². The van der Waals surface area contributed by atoms with Gasteiger partial charge in [-0.2, -0.15) is 5.10 Å². The molecule has 2 aromatic rings. The zero-order valence-electron chi connectivity index (χ0n) is 14.9. The quantitative estimate of drug-likeness (QED) is 0.670. The van der Waals surface area contributed by atoms with E-state index in [1.807, 2.05) is 11.7 Å². The Kier molecular flexibility index (Phi) is 7.13. The van der Waals surface area contributed by atoms with Gasteiger partial charge in [0.1, 0.15) is 5.82 Å². The molecule has 1 N–H and O–H groups in total. The lowest BCUT2D eigenvalue weighted by Crippen LogP contribution is -2.21. The second-order valence-electron chi connectivity index (χ2n) is 6.41. The number of nitrogens with zero attached hydrogens (tertiary/aromatic N) is 3. The first-order chi connectivity index (χ1) is 12.0. The Morgan fingerprint density at radius 2 is 1.88 bits per heavy atom. The predicted molar refractivity (Wildman–Crippen MR) is 95.9 cm³/mol. The number of carboxylic acid groups (broad SMARTS) is 1. The number of aromatic nitrogens is 2. The average molecular weight is 347 g/mol. The van der Waals surface area contributed by atoms with Crippen LogP contribution in [0.1, 0.15) is 31.4 Å². The molecule has 0 spiro atoms. The molecule has 0 amide bonds. The van der Waals surface area contributed by atoms with Gasteiger partial charge in [0.2, 0.25) is 0 Å². The van der Waals surface area contributed by atoms with Crippen LogP contribution >= 0.6 is 0 Å². The number of aliphatic carboxylic acids is 1. The van der Waals surface area contributed by atoms with E-state index >= 15 is 0 Å². The first-order valence-corrected chi connectivity index (χ1v) is 8.65. The van der Waals surface area contributed by atoms with Gasteiger partial charge in [-0.05, 0) is 81.7 Å². The second-order valence-corrected chi connectivity index (χ2v) is 6.41. The smallest absolute Gasteiger partial charge is 0.303 e. The van der Waals surface area contributed by atoms with Gasteiger partial charge >= 0.3 is 5.97 Å². The van der Waals surface area contributed by atoms with E-state index in [0.717, 1.165) is 55.7 Å². The van der Waals surface area contributed by atoms with Crippen LogP contribution in [0.2, 0.25) is 0 Å². The molecule has 0 unspecified atom stereocenters. The van der Waals surface area contributed by atoms with Crippen molar-refractivity contribution in [3.63, 3.8) is 0 Å². The van der Waals surface area contributed by atoms with E-state index in [0.29, 0.717) is 0 Å². The average Bonchev–Trinajstić information content (AvgIpc) is 2.93. The van der Waals surface area contributed by atoms with Crippen molar-refractivity contribution < 1.29 is 14.3 Å². The lowest BCUT2D eigenvalue weighted by atomic mass is 10.1. The fraction of sp³-hybridized carbons (Fsp3) is 0.474. The number of aryl methyl sites for hydroxylation is 2. The number of hydrogen-bond donors (Lipinski definition) is 1. The Hall–Kier alpha value is -2.21. The normalized spacial score (nSPS) is 11.2. The van der Waals surface area contributed by atoms with E-state index in [9.17, 15) is 9.18 Å². The molecule has 136 valence electrons. The zero-order valence-corrected chi connectivity index (χ0v) is 14.9. The van der Waals surface area contributed by atoms with Crippen LogP contribution in [-0.2, 0) is 18.3 Å². The van der Waals surface area contributed by atoms with Crippen molar-refractivity contribution in [1.82, 2.24) is 14.7 Å². The van der Waals surface area contributed by atoms with Crippen LogP contribution in [0.5, 0.6) is 0 Å². The molecule has 1 aromatic heterocycles. The minimum Gasteiger partial charge on any atom is -0.481 e. The van der Waals surface area contributed by atoms with Crippen LogP contribution in [0.25, 0.3) is 11.3 Å². The maximum absolute atomic E-state index is 13.0. The van der Waals surface area contributed by atoms with Crippen molar-refractivity contribution in [1.29, 1.82) is 0 Å². The van der Waals surface area contributed by atoms with E-state index in [1.54, 1.807) is 12.1 Å². The van der Waals surface area contributed by atoms with Gasteiger partial charge in [0.05, 0.1) is 11.4 Å². The van der Waals surface area contributed by atoms with Crippen molar-refractivity contribution in [3.8, 4) is 11.3 Å². The summed E-state index contributed by atoms with van der Waals surface area (Å²) in [6, 6.07) is 8.50. The molecule has 0 aliphatic rings. The number of halogens is 1. The molecule has 0 aliphatic carbocycles. The minimum absolute atomic E-state index is 0.238. The third-order valence-electron chi connectivity index (χ3n) is 4.22. The van der Waals surface area contributed by atoms with Gasteiger partial charge in [-0.1, -0.05) is 0 Å². The van der Waals surface area contributed by atoms with Crippen molar-refractivity contribution in [3.05, 3.63) is 41.8 Å². The summed E-state index contributed by atoms with van der Waals surface area (Å²) in [6.45, 7) is 1.87. The Balaban J connectivity index is 1.77. The Labute approximate surface area is 148 Å². The lowest BCUT2D eigenvalue weighted by Gasteiger charge is -2.15. The summed E-state index contributed by atoms with van der Waals surface area (Å²) in [5.41, 5.74) is 2.97. The third kappa shape index (κ3) is 6.31. The molecule has 0 atom stereocenters. The minimum atomic E-state index is -0.727. The van der Waals surface area contributed by atoms with Crippen LogP contribution in [0.15, 0.2) is 30.3 Å². The molecule has 0 aliphatic heterocycles. The zero-order chi connectivity index (χ0) is 18.2. The van der Waals surface area contributed by atoms with Gasteiger partial charge in [0.15, 0.2) is 0 Å². The summed E-state index contributed by atoms with van der Waals surface area (Å²) in [5.74, 6) is -0.965. The standard InChI is InChI=1S/C19H26FN3O2/c1-22(12-4-3-7-19(24)25)13-5-6-17-14-18(23(2)21-17)15-8-10-16(20)11-9-15/h8-11,14H,3-7,12-13H2,1-2H3,(H,24,25). The fourth-order valence-electron chi connectivity index (χ4n) is 2.84. The molecule has 0 saturated carbocycles. The molecule has 6 heteroatoms. The molecule has 5 nitrogen and oxygen atoms in total. The van der Waals surface area contributed by atoms with Gasteiger partial charge < -0.3 is 10.0 Å². The van der Waals surface area contributed by atoms with Crippen LogP contribution in [0.4, 0.5) is 4.39 Å². The van der Waals surface area contributed by atoms with Crippen molar-refractivity contribution in [2.75, 3.05) is 20.1 Å². The van der Waals surface area contributed by atoms with Crippen molar-refractivity contribution in [2.45, 2.75) is 32.1 Å². The molecule has 2 rings (SSSR count). The summed E-state index contributed by atoms with van der Waals surface area (Å²) in [4.78, 5) is 12.7. The Bertz CT molecular complexity index is 682. The Morgan fingerprint density at radius 3 is 2.56 bits per heavy atom. The maximum atomic E-state index is 13.0. The molecular weight excluding hydrogens is 321 g/mol. The number of carbonyl (C=O) groups is 1. The highest BCUT2D eigenvalue weighted by Crippen LogP contribution is 2.20. The largest absolute Gasteiger partial charge is 0.481 e. The van der Waals surface area contributed by atoms with E-state index in [-0.39, 0.29) is 12.2 Å². The molecule has 1 heterocycles. The van der Waals surface area contributed by atoms with E-state index < -0.39 is 5.97 Å². The maximum Gasteiger partial charge on any atom is 0.303 e. The van der Waals surface area contributed by atoms with E-state index in [4.69, 9.17) is 5.11 Å². The van der Waals surface area contributed by atoms with Crippen LogP contribution < -0.4 is 0 Å². The van der Waals surface area contributed by atoms with Crippen LogP contribution in [0.3, 0.4) is 0 Å².